The molecule has 0 aromatic heterocycles. The van der Waals surface area contributed by atoms with Gasteiger partial charge in [-0.25, -0.2) is 0 Å². The van der Waals surface area contributed by atoms with Crippen molar-refractivity contribution in [1.82, 2.24) is 0 Å². The molecule has 114 valence electrons. The summed E-state index contributed by atoms with van der Waals surface area (Å²) in [6, 6.07) is 6.69. The summed E-state index contributed by atoms with van der Waals surface area (Å²) in [7, 11) is 0. The minimum absolute atomic E-state index is 1.14. The lowest BCUT2D eigenvalue weighted by atomic mass is 9.89. The van der Waals surface area contributed by atoms with Crippen molar-refractivity contribution < 1.29 is 0 Å². The van der Waals surface area contributed by atoms with E-state index in [0.29, 0.717) is 0 Å². The lowest BCUT2D eigenvalue weighted by Gasteiger charge is -2.16. The van der Waals surface area contributed by atoms with Gasteiger partial charge in [-0.15, -0.1) is 12.8 Å². The Morgan fingerprint density at radius 2 is 1.62 bits per heavy atom. The molecule has 0 nitrogen and oxygen atoms in total. The molecule has 21 heavy (non-hydrogen) atoms. The first kappa shape index (κ1) is 19.3. The number of terminal acetylenes is 1. The zero-order chi connectivity index (χ0) is 16.3. The van der Waals surface area contributed by atoms with E-state index in [4.69, 9.17) is 0 Å². The predicted molar refractivity (Wildman–Crippen MR) is 97.4 cm³/mol. The van der Waals surface area contributed by atoms with E-state index in [2.05, 4.69) is 57.5 Å². The second-order valence-corrected chi connectivity index (χ2v) is 5.21. The Morgan fingerprint density at radius 1 is 1.05 bits per heavy atom. The van der Waals surface area contributed by atoms with Crippen molar-refractivity contribution in [3.05, 3.63) is 52.6 Å². The van der Waals surface area contributed by atoms with Crippen LogP contribution in [0.2, 0.25) is 0 Å². The topological polar surface area (TPSA) is 0 Å². The Balaban J connectivity index is 0.000000483. The molecule has 0 heteroatoms. The van der Waals surface area contributed by atoms with Crippen LogP contribution in [0.3, 0.4) is 0 Å². The molecule has 0 aliphatic heterocycles. The van der Waals surface area contributed by atoms with Crippen molar-refractivity contribution in [3.8, 4) is 12.8 Å². The average molecular weight is 282 g/mol. The summed E-state index contributed by atoms with van der Waals surface area (Å²) in [5, 5.41) is 0. The van der Waals surface area contributed by atoms with Gasteiger partial charge in [-0.2, -0.15) is 0 Å². The maximum Gasteiger partial charge on any atom is -0.0221 e. The molecule has 0 amide bonds. The number of rotatable bonds is 1. The van der Waals surface area contributed by atoms with E-state index < -0.39 is 0 Å². The van der Waals surface area contributed by atoms with Gasteiger partial charge in [0.25, 0.3) is 0 Å². The Bertz CT molecular complexity index is 481. The lowest BCUT2D eigenvalue weighted by molar-refractivity contribution is 0.933. The third kappa shape index (κ3) is 7.57. The van der Waals surface area contributed by atoms with Gasteiger partial charge in [0.2, 0.25) is 0 Å². The monoisotopic (exact) mass is 282 g/mol. The fraction of sp³-hybridized carbons (Fsp3) is 0.429. The molecule has 0 heterocycles. The van der Waals surface area contributed by atoms with Crippen LogP contribution >= 0.6 is 0 Å². The molecule has 1 saturated carbocycles. The van der Waals surface area contributed by atoms with Crippen LogP contribution in [-0.4, -0.2) is 0 Å². The van der Waals surface area contributed by atoms with Crippen molar-refractivity contribution in [1.29, 1.82) is 0 Å². The van der Waals surface area contributed by atoms with Crippen LogP contribution in [0.15, 0.2) is 35.9 Å². The van der Waals surface area contributed by atoms with Crippen LogP contribution in [0.4, 0.5) is 0 Å². The van der Waals surface area contributed by atoms with Crippen molar-refractivity contribution in [3.63, 3.8) is 0 Å². The highest BCUT2D eigenvalue weighted by Crippen LogP contribution is 2.27. The Kier molecular flexibility index (Phi) is 10.1. The molecule has 0 atom stereocenters. The van der Waals surface area contributed by atoms with Crippen LogP contribution in [0.25, 0.3) is 6.08 Å². The zero-order valence-corrected chi connectivity index (χ0v) is 14.2. The Morgan fingerprint density at radius 3 is 2.10 bits per heavy atom. The largest absolute Gasteiger partial charge is 0.124 e. The quantitative estimate of drug-likeness (QED) is 0.527. The van der Waals surface area contributed by atoms with Gasteiger partial charge in [0, 0.05) is 0 Å². The van der Waals surface area contributed by atoms with E-state index in [-0.39, 0.29) is 0 Å². The Hall–Kier alpha value is -1.74. The molecular weight excluding hydrogens is 252 g/mol. The summed E-state index contributed by atoms with van der Waals surface area (Å²) in [6.07, 6.45) is 17.1. The summed E-state index contributed by atoms with van der Waals surface area (Å²) in [5.41, 5.74) is 6.82. The van der Waals surface area contributed by atoms with Crippen molar-refractivity contribution in [2.45, 2.75) is 59.8 Å². The number of fused-ring (bicyclic) bond motifs is 1. The third-order valence-electron chi connectivity index (χ3n) is 3.19. The van der Waals surface area contributed by atoms with E-state index >= 15 is 0 Å². The van der Waals surface area contributed by atoms with E-state index in [1.54, 1.807) is 0 Å². The van der Waals surface area contributed by atoms with Gasteiger partial charge in [-0.3, -0.25) is 0 Å². The summed E-state index contributed by atoms with van der Waals surface area (Å²) in [4.78, 5) is 0. The molecule has 0 radical (unpaired) electrons. The minimum atomic E-state index is 1.14. The SMILES string of the molecule is C#C.C1CC1.C=C(C)C1=Cc2ccc(C)cc2CC1.CC. The molecule has 2 aliphatic carbocycles. The smallest absolute Gasteiger partial charge is 0.0221 e. The van der Waals surface area contributed by atoms with E-state index in [1.807, 2.05) is 13.8 Å². The molecule has 1 aromatic carbocycles. The molecule has 2 aliphatic rings. The molecule has 1 fully saturated rings. The van der Waals surface area contributed by atoms with E-state index in [0.717, 1.165) is 12.8 Å². The number of aryl methyl sites for hydroxylation is 2. The van der Waals surface area contributed by atoms with Crippen molar-refractivity contribution >= 4 is 6.08 Å². The number of benzene rings is 1. The van der Waals surface area contributed by atoms with Crippen LogP contribution in [0.1, 0.15) is 63.1 Å². The second-order valence-electron chi connectivity index (χ2n) is 5.21. The summed E-state index contributed by atoms with van der Waals surface area (Å²) < 4.78 is 0. The first-order valence-electron chi connectivity index (χ1n) is 7.96. The van der Waals surface area contributed by atoms with Gasteiger partial charge in [-0.1, -0.05) is 75.1 Å². The van der Waals surface area contributed by atoms with Crippen molar-refractivity contribution in [2.75, 3.05) is 0 Å². The zero-order valence-electron chi connectivity index (χ0n) is 14.2. The standard InChI is InChI=1S/C14H16.C3H6.C2H6.C2H2/c1-10(2)12-6-7-13-8-11(3)4-5-14(13)9-12;1-2-3-1;2*1-2/h4-5,8-9H,1,6-7H2,2-3H3;1-3H2;1-2H3;1-2H. The van der Waals surface area contributed by atoms with Gasteiger partial charge in [0.05, 0.1) is 0 Å². The molecule has 0 unspecified atom stereocenters. The fourth-order valence-corrected chi connectivity index (χ4v) is 1.96. The van der Waals surface area contributed by atoms with Gasteiger partial charge in [-0.05, 0) is 43.4 Å². The van der Waals surface area contributed by atoms with Crippen LogP contribution in [0, 0.1) is 19.8 Å². The van der Waals surface area contributed by atoms with E-state index in [9.17, 15) is 0 Å². The molecule has 0 bridgehead atoms. The van der Waals surface area contributed by atoms with Gasteiger partial charge in [0.15, 0.2) is 0 Å². The molecule has 0 saturated heterocycles. The Labute approximate surface area is 132 Å². The first-order chi connectivity index (χ1) is 10.2. The van der Waals surface area contributed by atoms with Crippen LogP contribution in [-0.2, 0) is 6.42 Å². The highest BCUT2D eigenvalue weighted by molar-refractivity contribution is 5.63. The summed E-state index contributed by atoms with van der Waals surface area (Å²) in [5.74, 6) is 0. The fourth-order valence-electron chi connectivity index (χ4n) is 1.96. The highest BCUT2D eigenvalue weighted by Gasteiger charge is 2.10. The van der Waals surface area contributed by atoms with E-state index in [1.165, 1.54) is 47.1 Å². The first-order valence-corrected chi connectivity index (χ1v) is 7.96. The maximum atomic E-state index is 4.00. The van der Waals surface area contributed by atoms with Gasteiger partial charge >= 0.3 is 0 Å². The molecule has 1 aromatic rings. The normalized spacial score (nSPS) is 13.5. The molecule has 0 N–H and O–H groups in total. The molecular formula is C21H30. The summed E-state index contributed by atoms with van der Waals surface area (Å²) in [6.45, 7) is 12.2. The van der Waals surface area contributed by atoms with Gasteiger partial charge < -0.3 is 0 Å². The maximum absolute atomic E-state index is 4.00. The second kappa shape index (κ2) is 11.0. The number of allylic oxidation sites excluding steroid dienone is 2. The van der Waals surface area contributed by atoms with Crippen molar-refractivity contribution in [2.24, 2.45) is 0 Å². The highest BCUT2D eigenvalue weighted by atomic mass is 14.1. The number of hydrogen-bond acceptors (Lipinski definition) is 0. The van der Waals surface area contributed by atoms with Crippen LogP contribution < -0.4 is 0 Å². The van der Waals surface area contributed by atoms with Crippen LogP contribution in [0.5, 0.6) is 0 Å². The molecule has 3 rings (SSSR count). The number of hydrogen-bond donors (Lipinski definition) is 0. The lowest BCUT2D eigenvalue weighted by Crippen LogP contribution is -2.00. The third-order valence-corrected chi connectivity index (χ3v) is 3.19. The predicted octanol–water partition coefficient (Wildman–Crippen LogP) is 6.35. The summed E-state index contributed by atoms with van der Waals surface area (Å²) >= 11 is 0. The van der Waals surface area contributed by atoms with Gasteiger partial charge in [0.1, 0.15) is 0 Å². The minimum Gasteiger partial charge on any atom is -0.124 e. The average Bonchev–Trinajstić information content (AvgIpc) is 3.39. The molecule has 0 spiro atoms.